The first-order valence-electron chi connectivity index (χ1n) is 3.95. The van der Waals surface area contributed by atoms with Gasteiger partial charge in [0, 0.05) is 0 Å². The zero-order valence-corrected chi connectivity index (χ0v) is 13.0. The Hall–Kier alpha value is 1.01. The third kappa shape index (κ3) is 3.27. The average molecular weight is 442 g/mol. The SMILES string of the molecule is FC(F)(CCC[Se])C(F)(F)C(F)(F)C(=[Se])[SeH]. The minimum atomic E-state index is -5.40. The molecule has 0 unspecified atom stereocenters. The number of hydrogen-bond acceptors (Lipinski definition) is 0. The van der Waals surface area contributed by atoms with Crippen molar-refractivity contribution >= 4 is 50.9 Å². The second-order valence-electron chi connectivity index (χ2n) is 2.97. The first kappa shape index (κ1) is 17.0. The molecular formula is C7H7F6Se3. The molecule has 0 bridgehead atoms. The van der Waals surface area contributed by atoms with Crippen molar-refractivity contribution in [2.75, 3.05) is 0 Å². The third-order valence-corrected chi connectivity index (χ3v) is 3.49. The molecule has 0 saturated heterocycles. The van der Waals surface area contributed by atoms with Crippen molar-refractivity contribution in [3.63, 3.8) is 0 Å². The van der Waals surface area contributed by atoms with Crippen LogP contribution in [0.5, 0.6) is 0 Å². The van der Waals surface area contributed by atoms with Crippen LogP contribution in [0.2, 0.25) is 5.32 Å². The predicted molar refractivity (Wildman–Crippen MR) is 52.5 cm³/mol. The van der Waals surface area contributed by atoms with E-state index in [2.05, 4.69) is 16.0 Å². The van der Waals surface area contributed by atoms with Gasteiger partial charge in [0.2, 0.25) is 0 Å². The number of halogens is 6. The Kier molecular flexibility index (Phi) is 6.13. The summed E-state index contributed by atoms with van der Waals surface area (Å²) in [6, 6.07) is 0. The Morgan fingerprint density at radius 1 is 1.06 bits per heavy atom. The molecule has 0 nitrogen and oxygen atoms in total. The summed E-state index contributed by atoms with van der Waals surface area (Å²) in [4.78, 5) is 0. The van der Waals surface area contributed by atoms with Gasteiger partial charge in [-0.1, -0.05) is 0 Å². The quantitative estimate of drug-likeness (QED) is 0.432. The molecule has 0 fully saturated rings. The standard InChI is InChI=1S/C7H7F6Se3/c8-5(9,2-1-3-14)7(12,13)6(10,11)4(15)16/h1-3H2,(H,15,16). The number of alkyl halides is 6. The van der Waals surface area contributed by atoms with Crippen LogP contribution in [0.1, 0.15) is 12.8 Å². The molecule has 0 rings (SSSR count). The van der Waals surface area contributed by atoms with Gasteiger partial charge in [0.25, 0.3) is 0 Å². The molecule has 0 saturated carbocycles. The topological polar surface area (TPSA) is 0 Å². The molecule has 0 amide bonds. The molecule has 16 heavy (non-hydrogen) atoms. The summed E-state index contributed by atoms with van der Waals surface area (Å²) in [6.45, 7) is 0. The Morgan fingerprint density at radius 2 is 1.50 bits per heavy atom. The molecule has 0 aromatic rings. The molecule has 0 aromatic heterocycles. The maximum atomic E-state index is 13.0. The fourth-order valence-corrected chi connectivity index (χ4v) is 1.68. The monoisotopic (exact) mass is 445 g/mol. The van der Waals surface area contributed by atoms with Crippen LogP contribution < -0.4 is 0 Å². The molecule has 0 aliphatic rings. The van der Waals surface area contributed by atoms with E-state index < -0.39 is 27.5 Å². The van der Waals surface area contributed by atoms with Crippen molar-refractivity contribution in [2.45, 2.75) is 35.9 Å². The van der Waals surface area contributed by atoms with E-state index in [-0.39, 0.29) is 11.7 Å². The summed E-state index contributed by atoms with van der Waals surface area (Å²) in [7, 11) is 0. The van der Waals surface area contributed by atoms with E-state index in [0.29, 0.717) is 0 Å². The molecule has 0 aromatic carbocycles. The summed E-state index contributed by atoms with van der Waals surface area (Å²) >= 11 is 5.11. The van der Waals surface area contributed by atoms with E-state index in [4.69, 9.17) is 0 Å². The van der Waals surface area contributed by atoms with Crippen LogP contribution in [0.3, 0.4) is 0 Å². The van der Waals surface area contributed by atoms with Gasteiger partial charge < -0.3 is 0 Å². The van der Waals surface area contributed by atoms with E-state index in [0.717, 1.165) is 16.0 Å². The molecule has 9 heteroatoms. The van der Waals surface area contributed by atoms with Gasteiger partial charge in [0.05, 0.1) is 0 Å². The Morgan fingerprint density at radius 3 is 1.81 bits per heavy atom. The Balaban J connectivity index is 5.09. The summed E-state index contributed by atoms with van der Waals surface area (Å²) in [6.07, 6.45) is -1.58. The first-order valence-corrected chi connectivity index (χ1v) is 6.96. The third-order valence-electron chi connectivity index (χ3n) is 1.76. The minimum absolute atomic E-state index is 0.105. The zero-order valence-electron chi connectivity index (χ0n) is 7.65. The second-order valence-corrected chi connectivity index (χ2v) is 7.09. The van der Waals surface area contributed by atoms with Crippen molar-refractivity contribution in [3.05, 3.63) is 0 Å². The number of hydrogen-bond donors (Lipinski definition) is 0. The maximum absolute atomic E-state index is 13.0. The van der Waals surface area contributed by atoms with Gasteiger partial charge in [0.1, 0.15) is 0 Å². The van der Waals surface area contributed by atoms with Crippen molar-refractivity contribution in [3.8, 4) is 0 Å². The van der Waals surface area contributed by atoms with Gasteiger partial charge in [-0.05, 0) is 0 Å². The van der Waals surface area contributed by atoms with Gasteiger partial charge in [-0.3, -0.25) is 0 Å². The molecule has 0 aliphatic heterocycles. The van der Waals surface area contributed by atoms with Crippen molar-refractivity contribution in [2.24, 2.45) is 0 Å². The molecule has 0 heterocycles. The van der Waals surface area contributed by atoms with E-state index in [9.17, 15) is 26.3 Å². The van der Waals surface area contributed by atoms with E-state index in [1.54, 1.807) is 15.6 Å². The summed E-state index contributed by atoms with van der Waals surface area (Å²) < 4.78 is 76.6. The normalized spacial score (nSPS) is 14.0. The fraction of sp³-hybridized carbons (Fsp3) is 0.857. The predicted octanol–water partition coefficient (Wildman–Crippen LogP) is 1.46. The van der Waals surface area contributed by atoms with Crippen molar-refractivity contribution in [1.82, 2.24) is 0 Å². The molecular weight excluding hydrogens is 435 g/mol. The Labute approximate surface area is 113 Å². The summed E-state index contributed by atoms with van der Waals surface area (Å²) in [5, 5.41) is 0.105. The van der Waals surface area contributed by atoms with Gasteiger partial charge in [-0.15, -0.1) is 0 Å². The van der Waals surface area contributed by atoms with Crippen molar-refractivity contribution < 1.29 is 26.3 Å². The number of rotatable bonds is 6. The molecule has 0 atom stereocenters. The van der Waals surface area contributed by atoms with Crippen LogP contribution in [-0.2, 0) is 0 Å². The summed E-state index contributed by atoms with van der Waals surface area (Å²) in [5.41, 5.74) is 0. The molecule has 0 N–H and O–H groups in total. The van der Waals surface area contributed by atoms with Gasteiger partial charge >= 0.3 is 113 Å². The van der Waals surface area contributed by atoms with Crippen LogP contribution in [0.4, 0.5) is 26.3 Å². The molecule has 1 radical (unpaired) electrons. The average Bonchev–Trinajstić information content (AvgIpc) is 2.13. The van der Waals surface area contributed by atoms with Gasteiger partial charge in [-0.25, -0.2) is 0 Å². The second kappa shape index (κ2) is 5.77. The van der Waals surface area contributed by atoms with Gasteiger partial charge in [0.15, 0.2) is 0 Å². The van der Waals surface area contributed by atoms with Crippen LogP contribution in [0.25, 0.3) is 0 Å². The van der Waals surface area contributed by atoms with Crippen LogP contribution >= 0.6 is 0 Å². The first-order chi connectivity index (χ1) is 7.00. The molecule has 0 spiro atoms. The van der Waals surface area contributed by atoms with Crippen LogP contribution in [0, 0.1) is 0 Å². The van der Waals surface area contributed by atoms with Gasteiger partial charge in [-0.2, -0.15) is 0 Å². The molecule has 95 valence electrons. The van der Waals surface area contributed by atoms with Crippen LogP contribution in [0.15, 0.2) is 0 Å². The van der Waals surface area contributed by atoms with E-state index in [1.165, 1.54) is 0 Å². The van der Waals surface area contributed by atoms with E-state index in [1.807, 2.05) is 0 Å². The van der Waals surface area contributed by atoms with E-state index >= 15 is 0 Å². The summed E-state index contributed by atoms with van der Waals surface area (Å²) in [5.74, 6) is -15.0. The van der Waals surface area contributed by atoms with Crippen LogP contribution in [-0.4, -0.2) is 68.7 Å². The molecule has 0 aliphatic carbocycles. The van der Waals surface area contributed by atoms with Crippen molar-refractivity contribution in [1.29, 1.82) is 0 Å². The fourth-order valence-electron chi connectivity index (χ4n) is 0.815. The Bertz CT molecular complexity index is 265. The zero-order chi connectivity index (χ0) is 13.2.